The summed E-state index contributed by atoms with van der Waals surface area (Å²) in [7, 11) is 0. The Morgan fingerprint density at radius 2 is 1.78 bits per heavy atom. The van der Waals surface area contributed by atoms with Crippen molar-refractivity contribution in [2.24, 2.45) is 5.73 Å². The third kappa shape index (κ3) is 2.60. The number of likely N-dealkylation sites (N-methyl/N-ethyl adjacent to an activating group) is 1. The highest BCUT2D eigenvalue weighted by molar-refractivity contribution is 5.40. The third-order valence-electron chi connectivity index (χ3n) is 4.08. The van der Waals surface area contributed by atoms with E-state index in [0.29, 0.717) is 6.04 Å². The zero-order valence-corrected chi connectivity index (χ0v) is 12.2. The van der Waals surface area contributed by atoms with Crippen molar-refractivity contribution in [3.05, 3.63) is 34.4 Å². The van der Waals surface area contributed by atoms with E-state index in [4.69, 9.17) is 5.73 Å². The zero-order valence-electron chi connectivity index (χ0n) is 12.2. The maximum Gasteiger partial charge on any atom is 0.0478 e. The molecule has 1 fully saturated rings. The molecule has 1 unspecified atom stereocenters. The highest BCUT2D eigenvalue weighted by atomic mass is 15.2. The van der Waals surface area contributed by atoms with Crippen LogP contribution in [0.3, 0.4) is 0 Å². The molecule has 0 saturated heterocycles. The lowest BCUT2D eigenvalue weighted by Gasteiger charge is -2.32. The Balaban J connectivity index is 2.37. The van der Waals surface area contributed by atoms with Crippen molar-refractivity contribution in [1.82, 2.24) is 4.90 Å². The maximum absolute atomic E-state index is 6.08. The number of rotatable bonds is 5. The first-order chi connectivity index (χ1) is 8.58. The van der Waals surface area contributed by atoms with Crippen LogP contribution in [0.2, 0.25) is 0 Å². The van der Waals surface area contributed by atoms with Crippen LogP contribution in [0.4, 0.5) is 0 Å². The molecule has 2 heteroatoms. The summed E-state index contributed by atoms with van der Waals surface area (Å²) < 4.78 is 0. The van der Waals surface area contributed by atoms with Crippen LogP contribution in [-0.4, -0.2) is 24.0 Å². The first kappa shape index (κ1) is 13.6. The lowest BCUT2D eigenvalue weighted by atomic mass is 9.93. The van der Waals surface area contributed by atoms with Crippen LogP contribution in [0, 0.1) is 20.8 Å². The van der Waals surface area contributed by atoms with E-state index in [9.17, 15) is 0 Å². The maximum atomic E-state index is 6.08. The minimum absolute atomic E-state index is 0.392. The molecule has 0 aliphatic heterocycles. The number of benzene rings is 1. The van der Waals surface area contributed by atoms with Gasteiger partial charge in [-0.15, -0.1) is 0 Å². The van der Waals surface area contributed by atoms with Gasteiger partial charge in [0.1, 0.15) is 0 Å². The lowest BCUT2D eigenvalue weighted by Crippen LogP contribution is -2.36. The van der Waals surface area contributed by atoms with Gasteiger partial charge in [0.2, 0.25) is 0 Å². The fourth-order valence-electron chi connectivity index (χ4n) is 3.28. The van der Waals surface area contributed by atoms with Crippen LogP contribution in [0.5, 0.6) is 0 Å². The molecule has 0 spiro atoms. The molecule has 2 rings (SSSR count). The number of nitrogens with two attached hydrogens (primary N) is 1. The van der Waals surface area contributed by atoms with Gasteiger partial charge in [0.25, 0.3) is 0 Å². The van der Waals surface area contributed by atoms with Gasteiger partial charge >= 0.3 is 0 Å². The number of hydrogen-bond acceptors (Lipinski definition) is 2. The van der Waals surface area contributed by atoms with Crippen LogP contribution in [0.25, 0.3) is 0 Å². The molecule has 0 radical (unpaired) electrons. The molecule has 0 aromatic heterocycles. The fourth-order valence-corrected chi connectivity index (χ4v) is 3.28. The minimum Gasteiger partial charge on any atom is -0.329 e. The van der Waals surface area contributed by atoms with E-state index in [-0.39, 0.29) is 0 Å². The van der Waals surface area contributed by atoms with Crippen LogP contribution in [0.15, 0.2) is 12.1 Å². The van der Waals surface area contributed by atoms with Crippen molar-refractivity contribution in [3.63, 3.8) is 0 Å². The summed E-state index contributed by atoms with van der Waals surface area (Å²) in [6.45, 7) is 10.7. The Morgan fingerprint density at radius 3 is 2.17 bits per heavy atom. The minimum atomic E-state index is 0.392. The Kier molecular flexibility index (Phi) is 4.08. The second-order valence-corrected chi connectivity index (χ2v) is 5.63. The number of hydrogen-bond donors (Lipinski definition) is 1. The summed E-state index contributed by atoms with van der Waals surface area (Å²) in [5, 5.41) is 0. The number of nitrogens with zero attached hydrogens (tertiary/aromatic N) is 1. The Labute approximate surface area is 111 Å². The van der Waals surface area contributed by atoms with E-state index >= 15 is 0 Å². The molecule has 100 valence electrons. The number of aryl methyl sites for hydroxylation is 3. The molecular formula is C16H26N2. The molecule has 1 saturated carbocycles. The molecule has 0 bridgehead atoms. The van der Waals surface area contributed by atoms with E-state index < -0.39 is 0 Å². The van der Waals surface area contributed by atoms with Gasteiger partial charge in [0, 0.05) is 18.6 Å². The highest BCUT2D eigenvalue weighted by Gasteiger charge is 2.33. The predicted octanol–water partition coefficient (Wildman–Crippen LogP) is 3.10. The van der Waals surface area contributed by atoms with Gasteiger partial charge < -0.3 is 5.73 Å². The molecule has 2 nitrogen and oxygen atoms in total. The Hall–Kier alpha value is -0.860. The molecule has 18 heavy (non-hydrogen) atoms. The van der Waals surface area contributed by atoms with Gasteiger partial charge in [-0.25, -0.2) is 0 Å². The van der Waals surface area contributed by atoms with Crippen molar-refractivity contribution in [2.45, 2.75) is 52.6 Å². The molecule has 1 aromatic rings. The second kappa shape index (κ2) is 5.41. The SMILES string of the molecule is CCN(C1CC1)C(CN)c1c(C)cc(C)cc1C. The van der Waals surface area contributed by atoms with Crippen molar-refractivity contribution >= 4 is 0 Å². The third-order valence-corrected chi connectivity index (χ3v) is 4.08. The van der Waals surface area contributed by atoms with E-state index in [2.05, 4.69) is 44.7 Å². The topological polar surface area (TPSA) is 29.3 Å². The Bertz CT molecular complexity index is 398. The quantitative estimate of drug-likeness (QED) is 0.865. The summed E-state index contributed by atoms with van der Waals surface area (Å²) in [6, 6.07) is 5.73. The van der Waals surface area contributed by atoms with Gasteiger partial charge in [-0.2, -0.15) is 0 Å². The van der Waals surface area contributed by atoms with Crippen LogP contribution in [-0.2, 0) is 0 Å². The summed E-state index contributed by atoms with van der Waals surface area (Å²) in [5.41, 5.74) is 11.7. The standard InChI is InChI=1S/C16H26N2/c1-5-18(14-6-7-14)15(10-17)16-12(3)8-11(2)9-13(16)4/h8-9,14-15H,5-7,10,17H2,1-4H3. The van der Waals surface area contributed by atoms with Gasteiger partial charge in [-0.3, -0.25) is 4.90 Å². The molecule has 2 N–H and O–H groups in total. The van der Waals surface area contributed by atoms with Crippen molar-refractivity contribution < 1.29 is 0 Å². The van der Waals surface area contributed by atoms with E-state index in [1.54, 1.807) is 0 Å². The van der Waals surface area contributed by atoms with Crippen LogP contribution >= 0.6 is 0 Å². The molecule has 1 aliphatic carbocycles. The molecular weight excluding hydrogens is 220 g/mol. The van der Waals surface area contributed by atoms with Gasteiger partial charge in [0.15, 0.2) is 0 Å². The van der Waals surface area contributed by atoms with E-state index in [1.165, 1.54) is 35.1 Å². The molecule has 1 aliphatic rings. The Morgan fingerprint density at radius 1 is 1.22 bits per heavy atom. The average Bonchev–Trinajstić information content (AvgIpc) is 3.10. The lowest BCUT2D eigenvalue weighted by molar-refractivity contribution is 0.201. The van der Waals surface area contributed by atoms with Gasteiger partial charge in [-0.05, 0) is 56.8 Å². The average molecular weight is 246 g/mol. The first-order valence-corrected chi connectivity index (χ1v) is 7.12. The summed E-state index contributed by atoms with van der Waals surface area (Å²) in [6.07, 6.45) is 2.68. The van der Waals surface area contributed by atoms with Gasteiger partial charge in [0.05, 0.1) is 0 Å². The molecule has 1 aromatic carbocycles. The summed E-state index contributed by atoms with van der Waals surface area (Å²) in [4.78, 5) is 2.59. The van der Waals surface area contributed by atoms with Crippen LogP contribution < -0.4 is 5.73 Å². The van der Waals surface area contributed by atoms with Crippen molar-refractivity contribution in [3.8, 4) is 0 Å². The molecule has 0 amide bonds. The largest absolute Gasteiger partial charge is 0.329 e. The van der Waals surface area contributed by atoms with Crippen molar-refractivity contribution in [1.29, 1.82) is 0 Å². The van der Waals surface area contributed by atoms with Crippen molar-refractivity contribution in [2.75, 3.05) is 13.1 Å². The summed E-state index contributed by atoms with van der Waals surface area (Å²) in [5.74, 6) is 0. The molecule has 0 heterocycles. The van der Waals surface area contributed by atoms with E-state index in [1.807, 2.05) is 0 Å². The summed E-state index contributed by atoms with van der Waals surface area (Å²) >= 11 is 0. The zero-order chi connectivity index (χ0) is 13.3. The van der Waals surface area contributed by atoms with Crippen LogP contribution in [0.1, 0.15) is 48.1 Å². The molecule has 1 atom stereocenters. The normalized spacial score (nSPS) is 17.2. The second-order valence-electron chi connectivity index (χ2n) is 5.63. The first-order valence-electron chi connectivity index (χ1n) is 7.12. The predicted molar refractivity (Wildman–Crippen MR) is 77.9 cm³/mol. The fraction of sp³-hybridized carbons (Fsp3) is 0.625. The van der Waals surface area contributed by atoms with E-state index in [0.717, 1.165) is 19.1 Å². The monoisotopic (exact) mass is 246 g/mol. The van der Waals surface area contributed by atoms with Gasteiger partial charge in [-0.1, -0.05) is 24.6 Å². The smallest absolute Gasteiger partial charge is 0.0478 e. The highest BCUT2D eigenvalue weighted by Crippen LogP contribution is 2.36.